The summed E-state index contributed by atoms with van der Waals surface area (Å²) in [5.41, 5.74) is 3.35. The maximum atomic E-state index is 5.35. The third-order valence-electron chi connectivity index (χ3n) is 1.24. The third kappa shape index (κ3) is 3.17. The molecule has 0 aliphatic rings. The summed E-state index contributed by atoms with van der Waals surface area (Å²) in [6.45, 7) is 0. The molecular weight excluding hydrogens is 199 g/mol. The fraction of sp³-hybridized carbons (Fsp3) is 0.143. The molecule has 3 nitrogen and oxygen atoms in total. The first-order valence-electron chi connectivity index (χ1n) is 3.12. The second-order valence-electron chi connectivity index (χ2n) is 1.92. The van der Waals surface area contributed by atoms with E-state index in [0.29, 0.717) is 0 Å². The van der Waals surface area contributed by atoms with Gasteiger partial charge in [0.1, 0.15) is 5.75 Å². The highest BCUT2D eigenvalue weighted by Crippen LogP contribution is 2.14. The molecule has 0 spiro atoms. The molecular formula is C7H10Cl2N2O. The van der Waals surface area contributed by atoms with Crippen molar-refractivity contribution in [2.75, 3.05) is 11.5 Å². The zero-order chi connectivity index (χ0) is 8.10. The predicted octanol–water partition coefficient (Wildman–Crippen LogP) is 1.97. The topological polar surface area (TPSA) is 47.3 Å². The number of halogens is 2. The quantitative estimate of drug-likeness (QED) is 0.454. The van der Waals surface area contributed by atoms with Crippen molar-refractivity contribution in [2.24, 2.45) is 5.84 Å². The maximum absolute atomic E-state index is 5.35. The van der Waals surface area contributed by atoms with Crippen molar-refractivity contribution >= 4 is 29.7 Å². The van der Waals surface area contributed by atoms with Gasteiger partial charge >= 0.3 is 0 Å². The van der Waals surface area contributed by atoms with Gasteiger partial charge in [-0.1, -0.05) is 11.6 Å². The summed E-state index contributed by atoms with van der Waals surface area (Å²) in [6.07, 6.45) is 0. The Morgan fingerprint density at radius 3 is 2.33 bits per heavy atom. The molecule has 3 N–H and O–H groups in total. The highest BCUT2D eigenvalue weighted by Gasteiger charge is 1.91. The van der Waals surface area contributed by atoms with Crippen molar-refractivity contribution in [1.82, 2.24) is 0 Å². The van der Waals surface area contributed by atoms with E-state index in [1.165, 1.54) is 0 Å². The van der Waals surface area contributed by atoms with E-state index in [-0.39, 0.29) is 18.5 Å². The van der Waals surface area contributed by atoms with Crippen molar-refractivity contribution in [1.29, 1.82) is 0 Å². The van der Waals surface area contributed by atoms with E-state index < -0.39 is 0 Å². The van der Waals surface area contributed by atoms with Crippen molar-refractivity contribution in [3.8, 4) is 5.75 Å². The second-order valence-corrected chi connectivity index (χ2v) is 2.14. The summed E-state index contributed by atoms with van der Waals surface area (Å²) in [6, 6.07) is 7.36. The van der Waals surface area contributed by atoms with Gasteiger partial charge in [-0.3, -0.25) is 5.84 Å². The SMILES string of the molecule is Cl.NNc1ccc(OCCl)cc1. The normalized spacial score (nSPS) is 8.50. The van der Waals surface area contributed by atoms with Crippen LogP contribution in [0.5, 0.6) is 5.75 Å². The number of alkyl halides is 1. The standard InChI is InChI=1S/C7H9ClN2O.ClH/c8-5-11-7-3-1-6(10-9)2-4-7;/h1-4,10H,5,9H2;1H. The van der Waals surface area contributed by atoms with Crippen molar-refractivity contribution in [3.63, 3.8) is 0 Å². The van der Waals surface area contributed by atoms with Crippen molar-refractivity contribution in [3.05, 3.63) is 24.3 Å². The predicted molar refractivity (Wildman–Crippen MR) is 52.8 cm³/mol. The number of rotatable bonds is 3. The molecule has 12 heavy (non-hydrogen) atoms. The molecule has 0 amide bonds. The second kappa shape index (κ2) is 5.94. The van der Waals surface area contributed by atoms with Crippen LogP contribution < -0.4 is 16.0 Å². The lowest BCUT2D eigenvalue weighted by molar-refractivity contribution is 0.388. The van der Waals surface area contributed by atoms with Gasteiger partial charge in [-0.25, -0.2) is 0 Å². The Morgan fingerprint density at radius 1 is 1.33 bits per heavy atom. The van der Waals surface area contributed by atoms with E-state index in [2.05, 4.69) is 5.43 Å². The molecule has 1 aromatic carbocycles. The summed E-state index contributed by atoms with van der Waals surface area (Å²) < 4.78 is 5.00. The summed E-state index contributed by atoms with van der Waals surface area (Å²) in [4.78, 5) is 0. The van der Waals surface area contributed by atoms with E-state index >= 15 is 0 Å². The van der Waals surface area contributed by atoms with Crippen molar-refractivity contribution < 1.29 is 4.74 Å². The molecule has 0 atom stereocenters. The van der Waals surface area contributed by atoms with Crippen LogP contribution in [0.25, 0.3) is 0 Å². The van der Waals surface area contributed by atoms with E-state index in [1.807, 2.05) is 12.1 Å². The number of anilines is 1. The largest absolute Gasteiger partial charge is 0.478 e. The molecule has 0 bridgehead atoms. The van der Waals surface area contributed by atoms with Crippen LogP contribution in [-0.4, -0.2) is 6.07 Å². The number of nitrogen functional groups attached to an aromatic ring is 1. The highest BCUT2D eigenvalue weighted by atomic mass is 35.5. The zero-order valence-electron chi connectivity index (χ0n) is 6.29. The van der Waals surface area contributed by atoms with E-state index in [0.717, 1.165) is 11.4 Å². The monoisotopic (exact) mass is 208 g/mol. The Bertz CT molecular complexity index is 215. The third-order valence-corrected chi connectivity index (χ3v) is 1.35. The first-order valence-corrected chi connectivity index (χ1v) is 3.65. The van der Waals surface area contributed by atoms with Crippen LogP contribution in [0.4, 0.5) is 5.69 Å². The molecule has 5 heteroatoms. The van der Waals surface area contributed by atoms with Crippen LogP contribution in [0.3, 0.4) is 0 Å². The van der Waals surface area contributed by atoms with Crippen LogP contribution in [0.2, 0.25) is 0 Å². The Hall–Kier alpha value is -0.640. The fourth-order valence-corrected chi connectivity index (χ4v) is 0.836. The maximum Gasteiger partial charge on any atom is 0.162 e. The molecule has 0 heterocycles. The van der Waals surface area contributed by atoms with Crippen LogP contribution in [0.1, 0.15) is 0 Å². The smallest absolute Gasteiger partial charge is 0.162 e. The lowest BCUT2D eigenvalue weighted by Gasteiger charge is -2.02. The number of hydrogen-bond donors (Lipinski definition) is 2. The summed E-state index contributed by atoms with van der Waals surface area (Å²) in [5.74, 6) is 5.89. The van der Waals surface area contributed by atoms with E-state index in [4.69, 9.17) is 22.2 Å². The first kappa shape index (κ1) is 11.4. The van der Waals surface area contributed by atoms with E-state index in [9.17, 15) is 0 Å². The van der Waals surface area contributed by atoms with Crippen LogP contribution in [0, 0.1) is 0 Å². The molecule has 0 aliphatic carbocycles. The van der Waals surface area contributed by atoms with Gasteiger partial charge in [0.05, 0.1) is 0 Å². The number of hydrazine groups is 1. The molecule has 0 aliphatic heterocycles. The van der Waals surface area contributed by atoms with Gasteiger partial charge in [0.2, 0.25) is 0 Å². The van der Waals surface area contributed by atoms with Gasteiger partial charge in [0.15, 0.2) is 6.07 Å². The minimum absolute atomic E-state index is 0. The van der Waals surface area contributed by atoms with Crippen LogP contribution >= 0.6 is 24.0 Å². The molecule has 68 valence electrons. The molecule has 0 saturated heterocycles. The summed E-state index contributed by atoms with van der Waals surface area (Å²) >= 11 is 5.35. The van der Waals surface area contributed by atoms with Gasteiger partial charge in [0.25, 0.3) is 0 Å². The Labute approximate surface area is 82.2 Å². The summed E-state index contributed by atoms with van der Waals surface area (Å²) in [5, 5.41) is 0. The number of nitrogens with one attached hydrogen (secondary N) is 1. The Morgan fingerprint density at radius 2 is 1.92 bits per heavy atom. The minimum atomic E-state index is 0. The summed E-state index contributed by atoms with van der Waals surface area (Å²) in [7, 11) is 0. The molecule has 0 unspecified atom stereocenters. The number of nitrogens with two attached hydrogens (primary N) is 1. The lowest BCUT2D eigenvalue weighted by atomic mass is 10.3. The Kier molecular flexibility index (Phi) is 5.62. The van der Waals surface area contributed by atoms with Crippen LogP contribution in [0.15, 0.2) is 24.3 Å². The van der Waals surface area contributed by atoms with Gasteiger partial charge in [-0.2, -0.15) is 0 Å². The van der Waals surface area contributed by atoms with Gasteiger partial charge < -0.3 is 10.2 Å². The van der Waals surface area contributed by atoms with Crippen molar-refractivity contribution in [2.45, 2.75) is 0 Å². The van der Waals surface area contributed by atoms with Gasteiger partial charge in [0, 0.05) is 5.69 Å². The molecule has 1 rings (SSSR count). The fourth-order valence-electron chi connectivity index (χ4n) is 0.710. The molecule has 1 aromatic rings. The van der Waals surface area contributed by atoms with Crippen LogP contribution in [-0.2, 0) is 0 Å². The highest BCUT2D eigenvalue weighted by molar-refractivity contribution is 6.17. The average Bonchev–Trinajstić information content (AvgIpc) is 2.07. The first-order chi connectivity index (χ1) is 5.36. The van der Waals surface area contributed by atoms with Gasteiger partial charge in [-0.15, -0.1) is 12.4 Å². The zero-order valence-corrected chi connectivity index (χ0v) is 7.86. The van der Waals surface area contributed by atoms with E-state index in [1.54, 1.807) is 12.1 Å². The average molecular weight is 209 g/mol. The molecule has 0 radical (unpaired) electrons. The lowest BCUT2D eigenvalue weighted by Crippen LogP contribution is -2.06. The molecule has 0 fully saturated rings. The Balaban J connectivity index is 0.00000121. The number of hydrogen-bond acceptors (Lipinski definition) is 3. The number of ether oxygens (including phenoxy) is 1. The minimum Gasteiger partial charge on any atom is -0.478 e. The molecule has 0 saturated carbocycles. The van der Waals surface area contributed by atoms with Gasteiger partial charge in [-0.05, 0) is 24.3 Å². The number of benzene rings is 1. The molecule has 0 aromatic heterocycles.